The van der Waals surface area contributed by atoms with Crippen LogP contribution in [0.5, 0.6) is 5.75 Å². The first-order valence-electron chi connectivity index (χ1n) is 11.4. The van der Waals surface area contributed by atoms with Gasteiger partial charge in [0.25, 0.3) is 0 Å². The van der Waals surface area contributed by atoms with Gasteiger partial charge in [0.2, 0.25) is 17.7 Å². The molecule has 0 aliphatic carbocycles. The van der Waals surface area contributed by atoms with Crippen LogP contribution in [0.3, 0.4) is 0 Å². The smallest absolute Gasteiger partial charge is 0.322 e. The molecule has 0 saturated carbocycles. The van der Waals surface area contributed by atoms with Crippen molar-refractivity contribution in [2.24, 2.45) is 0 Å². The summed E-state index contributed by atoms with van der Waals surface area (Å²) in [5.74, 6) is 1.68. The van der Waals surface area contributed by atoms with E-state index in [0.29, 0.717) is 23.4 Å². The van der Waals surface area contributed by atoms with Crippen molar-refractivity contribution in [1.82, 2.24) is 25.0 Å². The van der Waals surface area contributed by atoms with Crippen LogP contribution in [0, 0.1) is 0 Å². The average molecular weight is 486 g/mol. The number of piperidine rings is 1. The Morgan fingerprint density at radius 3 is 2.79 bits per heavy atom. The van der Waals surface area contributed by atoms with E-state index in [2.05, 4.69) is 30.6 Å². The number of carbonyl (C=O) groups excluding carboxylic acids is 1. The average Bonchev–Trinajstić information content (AvgIpc) is 3.64. The van der Waals surface area contributed by atoms with Crippen molar-refractivity contribution < 1.29 is 18.7 Å². The number of rotatable bonds is 8. The standard InChI is InChI=1S/C22H27N7O4S/c1-31-16-9-4-3-8-15(16)29-21(28-11-5-2-6-12-28)26-27-22(29)34-14-18(30)23-20-25-24-19(33-20)17-10-7-13-32-17/h3-4,8-9,17H,2,5-7,10-14H2,1H3,(H,23,25,30)/t17-/m0/s1. The highest BCUT2D eigenvalue weighted by Crippen LogP contribution is 2.33. The van der Waals surface area contributed by atoms with Gasteiger partial charge < -0.3 is 18.8 Å². The van der Waals surface area contributed by atoms with Crippen molar-refractivity contribution in [2.75, 3.05) is 42.8 Å². The van der Waals surface area contributed by atoms with Crippen molar-refractivity contribution in [3.05, 3.63) is 30.2 Å². The maximum atomic E-state index is 12.6. The number of hydrogen-bond donors (Lipinski definition) is 1. The van der Waals surface area contributed by atoms with Crippen LogP contribution >= 0.6 is 11.8 Å². The van der Waals surface area contributed by atoms with Crippen LogP contribution in [0.15, 0.2) is 33.8 Å². The Bertz CT molecular complexity index is 1120. The summed E-state index contributed by atoms with van der Waals surface area (Å²) in [6.07, 6.45) is 5.04. The molecule has 12 heteroatoms. The molecule has 2 aromatic heterocycles. The number of ether oxygens (including phenoxy) is 2. The predicted molar refractivity (Wildman–Crippen MR) is 126 cm³/mol. The Kier molecular flexibility index (Phi) is 6.95. The molecule has 5 rings (SSSR count). The lowest BCUT2D eigenvalue weighted by molar-refractivity contribution is -0.113. The third-order valence-corrected chi connectivity index (χ3v) is 6.73. The van der Waals surface area contributed by atoms with E-state index in [1.165, 1.54) is 18.2 Å². The summed E-state index contributed by atoms with van der Waals surface area (Å²) in [5, 5.41) is 20.1. The van der Waals surface area contributed by atoms with Gasteiger partial charge in [-0.05, 0) is 44.2 Å². The lowest BCUT2D eigenvalue weighted by Crippen LogP contribution is -2.31. The van der Waals surface area contributed by atoms with Gasteiger partial charge in [-0.2, -0.15) is 0 Å². The number of hydrogen-bond acceptors (Lipinski definition) is 10. The summed E-state index contributed by atoms with van der Waals surface area (Å²) in [6, 6.07) is 7.79. The number of benzene rings is 1. The number of anilines is 2. The van der Waals surface area contributed by atoms with E-state index >= 15 is 0 Å². The van der Waals surface area contributed by atoms with E-state index in [0.717, 1.165) is 50.4 Å². The lowest BCUT2D eigenvalue weighted by atomic mass is 10.1. The minimum atomic E-state index is -0.276. The van der Waals surface area contributed by atoms with E-state index < -0.39 is 0 Å². The van der Waals surface area contributed by atoms with Crippen LogP contribution < -0.4 is 15.0 Å². The molecule has 34 heavy (non-hydrogen) atoms. The molecular formula is C22H27N7O4S. The summed E-state index contributed by atoms with van der Waals surface area (Å²) in [7, 11) is 1.64. The summed E-state index contributed by atoms with van der Waals surface area (Å²) in [5.41, 5.74) is 0.830. The zero-order chi connectivity index (χ0) is 23.3. The van der Waals surface area contributed by atoms with E-state index in [9.17, 15) is 4.79 Å². The van der Waals surface area contributed by atoms with Gasteiger partial charge in [0.1, 0.15) is 11.9 Å². The molecule has 1 aromatic carbocycles. The number of amides is 1. The Hall–Kier alpha value is -3.12. The van der Waals surface area contributed by atoms with Gasteiger partial charge in [-0.1, -0.05) is 29.0 Å². The SMILES string of the molecule is COc1ccccc1-n1c(SCC(=O)Nc2nnc([C@@H]3CCCO3)o2)nnc1N1CCCCC1. The fourth-order valence-electron chi connectivity index (χ4n) is 4.15. The zero-order valence-corrected chi connectivity index (χ0v) is 19.8. The first kappa shape index (κ1) is 22.7. The molecule has 0 unspecified atom stereocenters. The van der Waals surface area contributed by atoms with Crippen LogP contribution in [-0.4, -0.2) is 63.4 Å². The van der Waals surface area contributed by atoms with Gasteiger partial charge in [0.15, 0.2) is 5.16 Å². The molecule has 0 radical (unpaired) electrons. The molecule has 1 N–H and O–H groups in total. The van der Waals surface area contributed by atoms with Crippen LogP contribution in [0.4, 0.5) is 12.0 Å². The number of thioether (sulfide) groups is 1. The Balaban J connectivity index is 1.32. The Morgan fingerprint density at radius 1 is 1.15 bits per heavy atom. The Morgan fingerprint density at radius 2 is 2.00 bits per heavy atom. The lowest BCUT2D eigenvalue weighted by Gasteiger charge is -2.28. The number of aromatic nitrogens is 5. The molecule has 2 aliphatic heterocycles. The van der Waals surface area contributed by atoms with Crippen LogP contribution in [0.1, 0.15) is 44.1 Å². The summed E-state index contributed by atoms with van der Waals surface area (Å²) in [6.45, 7) is 2.52. The molecule has 2 saturated heterocycles. The Labute approximate surface area is 201 Å². The third-order valence-electron chi connectivity index (χ3n) is 5.81. The highest BCUT2D eigenvalue weighted by molar-refractivity contribution is 7.99. The second-order valence-corrected chi connectivity index (χ2v) is 9.06. The zero-order valence-electron chi connectivity index (χ0n) is 19.0. The maximum Gasteiger partial charge on any atom is 0.322 e. The number of para-hydroxylation sites is 2. The van der Waals surface area contributed by atoms with Crippen LogP contribution in [-0.2, 0) is 9.53 Å². The van der Waals surface area contributed by atoms with Crippen molar-refractivity contribution >= 4 is 29.6 Å². The van der Waals surface area contributed by atoms with Gasteiger partial charge in [-0.15, -0.1) is 15.3 Å². The fourth-order valence-corrected chi connectivity index (χ4v) is 4.89. The van der Waals surface area contributed by atoms with E-state index in [1.54, 1.807) is 7.11 Å². The van der Waals surface area contributed by atoms with Crippen molar-refractivity contribution in [3.8, 4) is 11.4 Å². The van der Waals surface area contributed by atoms with E-state index in [4.69, 9.17) is 13.9 Å². The molecule has 2 fully saturated rings. The molecule has 0 bridgehead atoms. The van der Waals surface area contributed by atoms with E-state index in [1.807, 2.05) is 28.8 Å². The highest BCUT2D eigenvalue weighted by Gasteiger charge is 2.25. The first-order valence-corrected chi connectivity index (χ1v) is 12.4. The minimum absolute atomic E-state index is 0.0660. The molecule has 3 aromatic rings. The van der Waals surface area contributed by atoms with Crippen molar-refractivity contribution in [3.63, 3.8) is 0 Å². The molecule has 180 valence electrons. The van der Waals surface area contributed by atoms with Crippen LogP contribution in [0.25, 0.3) is 5.69 Å². The highest BCUT2D eigenvalue weighted by atomic mass is 32.2. The fraction of sp³-hybridized carbons (Fsp3) is 0.500. The van der Waals surface area contributed by atoms with Gasteiger partial charge in [0, 0.05) is 19.7 Å². The normalized spacial score (nSPS) is 18.3. The topological polar surface area (TPSA) is 120 Å². The molecular weight excluding hydrogens is 458 g/mol. The largest absolute Gasteiger partial charge is 0.495 e. The predicted octanol–water partition coefficient (Wildman–Crippen LogP) is 3.23. The van der Waals surface area contributed by atoms with Gasteiger partial charge in [-0.25, -0.2) is 0 Å². The minimum Gasteiger partial charge on any atom is -0.495 e. The number of nitrogens with zero attached hydrogens (tertiary/aromatic N) is 6. The summed E-state index contributed by atoms with van der Waals surface area (Å²) in [4.78, 5) is 14.8. The number of nitrogens with one attached hydrogen (secondary N) is 1. The summed E-state index contributed by atoms with van der Waals surface area (Å²) < 4.78 is 18.7. The van der Waals surface area contributed by atoms with Crippen molar-refractivity contribution in [1.29, 1.82) is 0 Å². The molecule has 11 nitrogen and oxygen atoms in total. The third kappa shape index (κ3) is 4.87. The van der Waals surface area contributed by atoms with Crippen LogP contribution in [0.2, 0.25) is 0 Å². The number of carbonyl (C=O) groups is 1. The van der Waals surface area contributed by atoms with Gasteiger partial charge in [-0.3, -0.25) is 14.7 Å². The van der Waals surface area contributed by atoms with Gasteiger partial charge in [0.05, 0.1) is 18.6 Å². The second-order valence-electron chi connectivity index (χ2n) is 8.12. The first-order chi connectivity index (χ1) is 16.7. The molecule has 1 amide bonds. The molecule has 1 atom stereocenters. The maximum absolute atomic E-state index is 12.6. The number of methoxy groups -OCH3 is 1. The summed E-state index contributed by atoms with van der Waals surface area (Å²) >= 11 is 1.29. The second kappa shape index (κ2) is 10.4. The molecule has 4 heterocycles. The van der Waals surface area contributed by atoms with Crippen molar-refractivity contribution in [2.45, 2.75) is 43.4 Å². The molecule has 2 aliphatic rings. The quantitative estimate of drug-likeness (QED) is 0.476. The monoisotopic (exact) mass is 485 g/mol. The molecule has 0 spiro atoms. The van der Waals surface area contributed by atoms with E-state index in [-0.39, 0.29) is 23.8 Å². The van der Waals surface area contributed by atoms with Gasteiger partial charge >= 0.3 is 6.01 Å².